The molecule has 7 nitrogen and oxygen atoms in total. The van der Waals surface area contributed by atoms with Gasteiger partial charge in [0.05, 0.1) is 25.0 Å². The van der Waals surface area contributed by atoms with Crippen LogP contribution < -0.4 is 9.64 Å². The van der Waals surface area contributed by atoms with Gasteiger partial charge in [-0.2, -0.15) is 5.10 Å². The molecule has 1 aliphatic heterocycles. The van der Waals surface area contributed by atoms with Crippen LogP contribution in [0.1, 0.15) is 27.7 Å². The lowest BCUT2D eigenvalue weighted by Gasteiger charge is -2.36. The van der Waals surface area contributed by atoms with Gasteiger partial charge in [-0.25, -0.2) is 0 Å². The molecule has 0 bridgehead atoms. The van der Waals surface area contributed by atoms with Crippen LogP contribution in [0.15, 0.2) is 46.9 Å². The first-order valence-electron chi connectivity index (χ1n) is 9.82. The smallest absolute Gasteiger partial charge is 0.289 e. The van der Waals surface area contributed by atoms with Crippen molar-refractivity contribution >= 4 is 11.6 Å². The Labute approximate surface area is 170 Å². The average molecular weight is 394 g/mol. The zero-order valence-corrected chi connectivity index (χ0v) is 17.1. The minimum absolute atomic E-state index is 0.0655. The predicted octanol–water partition coefficient (Wildman–Crippen LogP) is 3.11. The number of hydrogen-bond acceptors (Lipinski definition) is 5. The summed E-state index contributed by atoms with van der Waals surface area (Å²) in [7, 11) is 1.68. The molecule has 7 heteroatoms. The van der Waals surface area contributed by atoms with Gasteiger partial charge in [-0.15, -0.1) is 0 Å². The highest BCUT2D eigenvalue weighted by Gasteiger charge is 2.25. The lowest BCUT2D eigenvalue weighted by molar-refractivity contribution is 0.0712. The predicted molar refractivity (Wildman–Crippen MR) is 111 cm³/mol. The zero-order valence-electron chi connectivity index (χ0n) is 17.1. The van der Waals surface area contributed by atoms with Crippen molar-refractivity contribution in [1.82, 2.24) is 14.7 Å². The summed E-state index contributed by atoms with van der Waals surface area (Å²) in [6.07, 6.45) is 0. The molecule has 0 aliphatic carbocycles. The van der Waals surface area contributed by atoms with Crippen molar-refractivity contribution in [2.24, 2.45) is 0 Å². The fraction of sp³-hybridized carbons (Fsp3) is 0.364. The van der Waals surface area contributed by atoms with E-state index in [1.165, 1.54) is 0 Å². The highest BCUT2D eigenvalue weighted by Crippen LogP contribution is 2.28. The normalized spacial score (nSPS) is 14.3. The number of rotatable bonds is 5. The van der Waals surface area contributed by atoms with Gasteiger partial charge in [-0.3, -0.25) is 9.48 Å². The number of furan rings is 1. The van der Waals surface area contributed by atoms with E-state index in [-0.39, 0.29) is 5.91 Å². The third kappa shape index (κ3) is 3.99. The number of carbonyl (C=O) groups is 1. The lowest BCUT2D eigenvalue weighted by Crippen LogP contribution is -2.48. The molecular weight excluding hydrogens is 368 g/mol. The minimum Gasteiger partial charge on any atom is -0.495 e. The zero-order chi connectivity index (χ0) is 20.4. The Morgan fingerprint density at radius 2 is 1.86 bits per heavy atom. The van der Waals surface area contributed by atoms with Crippen molar-refractivity contribution in [1.29, 1.82) is 0 Å². The van der Waals surface area contributed by atoms with Gasteiger partial charge in [0.15, 0.2) is 5.76 Å². The summed E-state index contributed by atoms with van der Waals surface area (Å²) in [4.78, 5) is 17.0. The van der Waals surface area contributed by atoms with Gasteiger partial charge in [0, 0.05) is 31.9 Å². The van der Waals surface area contributed by atoms with Crippen molar-refractivity contribution in [3.63, 3.8) is 0 Å². The Kier molecular flexibility index (Phi) is 5.29. The molecule has 0 N–H and O–H groups in total. The standard InChI is InChI=1S/C22H26N4O3/c1-16-14-17(2)26(23-16)15-18-8-9-21(29-18)22(27)25-12-10-24(11-13-25)19-6-4-5-7-20(19)28-3/h4-9,14H,10-13,15H2,1-3H3. The molecule has 3 aromatic rings. The number of nitrogens with zero attached hydrogens (tertiary/aromatic N) is 4. The molecule has 152 valence electrons. The third-order valence-electron chi connectivity index (χ3n) is 5.27. The molecule has 1 amide bonds. The first-order chi connectivity index (χ1) is 14.0. The maximum absolute atomic E-state index is 12.9. The Bertz CT molecular complexity index is 999. The average Bonchev–Trinajstić information content (AvgIpc) is 3.33. The summed E-state index contributed by atoms with van der Waals surface area (Å²) in [5.41, 5.74) is 3.10. The number of methoxy groups -OCH3 is 1. The van der Waals surface area contributed by atoms with E-state index < -0.39 is 0 Å². The summed E-state index contributed by atoms with van der Waals surface area (Å²) < 4.78 is 13.2. The van der Waals surface area contributed by atoms with Crippen molar-refractivity contribution in [3.8, 4) is 5.75 Å². The topological polar surface area (TPSA) is 63.7 Å². The monoisotopic (exact) mass is 394 g/mol. The molecule has 1 fully saturated rings. The van der Waals surface area contributed by atoms with E-state index >= 15 is 0 Å². The van der Waals surface area contributed by atoms with Gasteiger partial charge in [-0.1, -0.05) is 12.1 Å². The molecule has 1 aromatic carbocycles. The second-order valence-corrected chi connectivity index (χ2v) is 7.30. The van der Waals surface area contributed by atoms with E-state index in [0.717, 1.165) is 41.7 Å². The molecule has 0 spiro atoms. The van der Waals surface area contributed by atoms with Crippen molar-refractivity contribution in [2.45, 2.75) is 20.4 Å². The van der Waals surface area contributed by atoms with Crippen LogP contribution in [0.4, 0.5) is 5.69 Å². The van der Waals surface area contributed by atoms with E-state index in [1.807, 2.05) is 59.8 Å². The van der Waals surface area contributed by atoms with Gasteiger partial charge >= 0.3 is 0 Å². The number of aryl methyl sites for hydroxylation is 2. The third-order valence-corrected chi connectivity index (χ3v) is 5.27. The van der Waals surface area contributed by atoms with Gasteiger partial charge in [0.1, 0.15) is 11.5 Å². The summed E-state index contributed by atoms with van der Waals surface area (Å²) in [5.74, 6) is 1.90. The van der Waals surface area contributed by atoms with Crippen LogP contribution in [-0.4, -0.2) is 53.9 Å². The van der Waals surface area contributed by atoms with E-state index in [9.17, 15) is 4.79 Å². The number of carbonyl (C=O) groups excluding carboxylic acids is 1. The maximum Gasteiger partial charge on any atom is 0.289 e. The Morgan fingerprint density at radius 1 is 1.10 bits per heavy atom. The molecule has 0 radical (unpaired) electrons. The number of para-hydroxylation sites is 2. The lowest BCUT2D eigenvalue weighted by atomic mass is 10.2. The van der Waals surface area contributed by atoms with Crippen LogP contribution in [0.3, 0.4) is 0 Å². The van der Waals surface area contributed by atoms with E-state index in [1.54, 1.807) is 13.2 Å². The fourth-order valence-electron chi connectivity index (χ4n) is 3.76. The number of hydrogen-bond donors (Lipinski definition) is 0. The summed E-state index contributed by atoms with van der Waals surface area (Å²) in [6.45, 7) is 7.29. The number of amides is 1. The number of piperazine rings is 1. The number of anilines is 1. The highest BCUT2D eigenvalue weighted by molar-refractivity contribution is 5.91. The van der Waals surface area contributed by atoms with Crippen LogP contribution in [0.5, 0.6) is 5.75 Å². The minimum atomic E-state index is -0.0655. The first-order valence-corrected chi connectivity index (χ1v) is 9.82. The van der Waals surface area contributed by atoms with Crippen LogP contribution in [0, 0.1) is 13.8 Å². The number of aromatic nitrogens is 2. The maximum atomic E-state index is 12.9. The largest absolute Gasteiger partial charge is 0.495 e. The van der Waals surface area contributed by atoms with Crippen LogP contribution in [0.25, 0.3) is 0 Å². The van der Waals surface area contributed by atoms with Crippen molar-refractivity contribution in [3.05, 3.63) is 65.4 Å². The molecule has 2 aromatic heterocycles. The molecule has 29 heavy (non-hydrogen) atoms. The van der Waals surface area contributed by atoms with E-state index in [2.05, 4.69) is 10.00 Å². The Hall–Kier alpha value is -3.22. The first kappa shape index (κ1) is 19.1. The van der Waals surface area contributed by atoms with E-state index in [0.29, 0.717) is 25.4 Å². The molecule has 3 heterocycles. The Balaban J connectivity index is 1.39. The van der Waals surface area contributed by atoms with Crippen LogP contribution in [0.2, 0.25) is 0 Å². The van der Waals surface area contributed by atoms with Gasteiger partial charge in [0.2, 0.25) is 0 Å². The fourth-order valence-corrected chi connectivity index (χ4v) is 3.76. The second-order valence-electron chi connectivity index (χ2n) is 7.30. The Morgan fingerprint density at radius 3 is 2.55 bits per heavy atom. The molecule has 4 rings (SSSR count). The van der Waals surface area contributed by atoms with Crippen molar-refractivity contribution < 1.29 is 13.9 Å². The molecule has 0 atom stereocenters. The quantitative estimate of drug-likeness (QED) is 0.665. The second kappa shape index (κ2) is 8.03. The van der Waals surface area contributed by atoms with Gasteiger partial charge in [-0.05, 0) is 44.2 Å². The van der Waals surface area contributed by atoms with Crippen LogP contribution in [-0.2, 0) is 6.54 Å². The highest BCUT2D eigenvalue weighted by atomic mass is 16.5. The summed E-state index contributed by atoms with van der Waals surface area (Å²) in [5, 5.41) is 4.45. The summed E-state index contributed by atoms with van der Waals surface area (Å²) >= 11 is 0. The molecule has 1 saturated heterocycles. The molecule has 0 saturated carbocycles. The number of benzene rings is 1. The van der Waals surface area contributed by atoms with Gasteiger partial charge in [0.25, 0.3) is 5.91 Å². The van der Waals surface area contributed by atoms with Gasteiger partial charge < -0.3 is 19.0 Å². The molecule has 0 unspecified atom stereocenters. The SMILES string of the molecule is COc1ccccc1N1CCN(C(=O)c2ccc(Cn3nc(C)cc3C)o2)CC1. The molecular formula is C22H26N4O3. The van der Waals surface area contributed by atoms with Crippen LogP contribution >= 0.6 is 0 Å². The molecule has 1 aliphatic rings. The van der Waals surface area contributed by atoms with E-state index in [4.69, 9.17) is 9.15 Å². The van der Waals surface area contributed by atoms with Crippen molar-refractivity contribution in [2.75, 3.05) is 38.2 Å². The number of ether oxygens (including phenoxy) is 1. The summed E-state index contributed by atoms with van der Waals surface area (Å²) in [6, 6.07) is 13.6.